The number of nitrogens with zero attached hydrogens (tertiary/aromatic N) is 5. The monoisotopic (exact) mass is 476 g/mol. The third kappa shape index (κ3) is 5.84. The molecule has 0 amide bonds. The van der Waals surface area contributed by atoms with Crippen LogP contribution in [0.15, 0.2) is 6.33 Å². The highest BCUT2D eigenvalue weighted by Gasteiger charge is 2.41. The topological polar surface area (TPSA) is 252 Å². The molecule has 1 aliphatic rings. The molecule has 0 radical (unpaired) electrons. The first-order valence-corrected chi connectivity index (χ1v) is 12.1. The Balaban J connectivity index is 1.58. The molecule has 6 N–H and O–H groups in total. The molecule has 0 aromatic carbocycles. The van der Waals surface area contributed by atoms with Gasteiger partial charge in [0.25, 0.3) is 0 Å². The van der Waals surface area contributed by atoms with Crippen molar-refractivity contribution in [2.24, 2.45) is 0 Å². The van der Waals surface area contributed by atoms with E-state index in [-0.39, 0.29) is 24.9 Å². The number of fused-ring (bicyclic) bond motifs is 1. The van der Waals surface area contributed by atoms with Gasteiger partial charge in [-0.05, 0) is 0 Å². The van der Waals surface area contributed by atoms with Crippen LogP contribution in [0.2, 0.25) is 0 Å². The lowest BCUT2D eigenvalue weighted by atomic mass is 10.2. The Kier molecular flexibility index (Phi) is 6.21. The first kappa shape index (κ1) is 22.3. The summed E-state index contributed by atoms with van der Waals surface area (Å²) < 4.78 is 52.2. The summed E-state index contributed by atoms with van der Waals surface area (Å²) in [6.07, 6.45) is 0.724. The molecule has 3 rings (SSSR count). The highest BCUT2D eigenvalue weighted by molar-refractivity contribution is 7.66. The zero-order valence-electron chi connectivity index (χ0n) is 14.2. The molecule has 2 aromatic rings. The summed E-state index contributed by atoms with van der Waals surface area (Å²) in [5.74, 6) is 0.143. The minimum Gasteiger partial charge on any atom is -0.382 e. The Hall–Kier alpha value is -1.35. The van der Waals surface area contributed by atoms with Crippen LogP contribution >= 0.6 is 23.5 Å². The first-order valence-electron chi connectivity index (χ1n) is 7.56. The van der Waals surface area contributed by atoms with Crippen molar-refractivity contribution in [3.8, 4) is 0 Å². The molecule has 4 atom stereocenters. The molecular formula is C9H15N6O11P3. The van der Waals surface area contributed by atoms with Gasteiger partial charge in [-0.2, -0.15) is 8.62 Å². The molecule has 0 saturated carbocycles. The van der Waals surface area contributed by atoms with Gasteiger partial charge in [-0.3, -0.25) is 4.52 Å². The molecule has 17 nitrogen and oxygen atoms in total. The Morgan fingerprint density at radius 1 is 1.17 bits per heavy atom. The fourth-order valence-corrected chi connectivity index (χ4v) is 5.53. The van der Waals surface area contributed by atoms with Gasteiger partial charge < -0.3 is 30.0 Å². The van der Waals surface area contributed by atoms with Gasteiger partial charge in [0.1, 0.15) is 6.33 Å². The quantitative estimate of drug-likeness (QED) is 0.300. The number of nitrogens with two attached hydrogens (primary N) is 1. The van der Waals surface area contributed by atoms with Crippen molar-refractivity contribution in [2.75, 3.05) is 18.9 Å². The predicted octanol–water partition coefficient (Wildman–Crippen LogP) is -0.523. The van der Waals surface area contributed by atoms with Crippen molar-refractivity contribution in [3.63, 3.8) is 0 Å². The fraction of sp³-hybridized carbons (Fsp3) is 0.556. The van der Waals surface area contributed by atoms with E-state index in [0.29, 0.717) is 11.2 Å². The van der Waals surface area contributed by atoms with Gasteiger partial charge in [0, 0.05) is 6.42 Å². The Labute approximate surface area is 161 Å². The number of rotatable bonds is 8. The molecule has 0 spiro atoms. The molecule has 2 unspecified atom stereocenters. The number of aromatic nitrogens is 5. The van der Waals surface area contributed by atoms with E-state index in [9.17, 15) is 18.6 Å². The molecule has 1 fully saturated rings. The van der Waals surface area contributed by atoms with Gasteiger partial charge >= 0.3 is 23.5 Å². The van der Waals surface area contributed by atoms with Gasteiger partial charge in [-0.1, -0.05) is 5.21 Å². The number of hydrogen-bond donors (Lipinski definition) is 5. The lowest BCUT2D eigenvalue weighted by Crippen LogP contribution is -2.15. The zero-order chi connectivity index (χ0) is 21.4. The summed E-state index contributed by atoms with van der Waals surface area (Å²) in [5, 5.41) is 7.82. The van der Waals surface area contributed by atoms with Crippen molar-refractivity contribution in [3.05, 3.63) is 6.33 Å². The smallest absolute Gasteiger partial charge is 0.382 e. The Morgan fingerprint density at radius 3 is 2.59 bits per heavy atom. The molecule has 1 saturated heterocycles. The molecule has 0 aliphatic carbocycles. The third-order valence-electron chi connectivity index (χ3n) is 3.53. The molecule has 29 heavy (non-hydrogen) atoms. The maximum absolute atomic E-state index is 11.7. The van der Waals surface area contributed by atoms with Crippen LogP contribution in [-0.4, -0.2) is 63.9 Å². The summed E-state index contributed by atoms with van der Waals surface area (Å²) in [7, 11) is -16.2. The van der Waals surface area contributed by atoms with E-state index in [2.05, 4.69) is 33.4 Å². The highest BCUT2D eigenvalue weighted by Crippen LogP contribution is 2.66. The normalized spacial score (nSPS) is 24.4. The van der Waals surface area contributed by atoms with E-state index in [1.54, 1.807) is 0 Å². The standard InChI is InChI=1S/C9H15N6O11P3/c10-8-7-9(12-4-11-8)15(14-13-7)5-1-6(23-2-5)3-24-28(19,20)26-29(21,22)25-27(16,17)18/h4-6H,1-3H2,(H,19,20)(H,21,22)(H2,10,11,12)(H2,16,17,18)/t5-,6-/m1/s1. The number of nitrogen functional groups attached to an aromatic ring is 1. The van der Waals surface area contributed by atoms with Crippen LogP contribution in [0.1, 0.15) is 12.5 Å². The largest absolute Gasteiger partial charge is 0.490 e. The maximum atomic E-state index is 11.7. The predicted molar refractivity (Wildman–Crippen MR) is 90.7 cm³/mol. The molecule has 20 heteroatoms. The van der Waals surface area contributed by atoms with Crippen LogP contribution in [-0.2, 0) is 31.6 Å². The van der Waals surface area contributed by atoms with Gasteiger partial charge in [-0.15, -0.1) is 5.10 Å². The van der Waals surface area contributed by atoms with E-state index < -0.39 is 36.2 Å². The zero-order valence-corrected chi connectivity index (χ0v) is 16.8. The number of hydrogen-bond acceptors (Lipinski definition) is 12. The number of phosphoric ester groups is 1. The summed E-state index contributed by atoms with van der Waals surface area (Å²) in [5.41, 5.74) is 6.34. The lowest BCUT2D eigenvalue weighted by molar-refractivity contribution is 0.0527. The average Bonchev–Trinajstić information content (AvgIpc) is 3.16. The second-order valence-corrected chi connectivity index (χ2v) is 10.1. The number of phosphoric acid groups is 3. The van der Waals surface area contributed by atoms with Crippen LogP contribution in [0, 0.1) is 0 Å². The van der Waals surface area contributed by atoms with E-state index in [1.165, 1.54) is 11.0 Å². The minimum atomic E-state index is -5.57. The van der Waals surface area contributed by atoms with Gasteiger partial charge in [0.05, 0.1) is 25.4 Å². The molecule has 162 valence electrons. The average molecular weight is 476 g/mol. The fourth-order valence-electron chi connectivity index (χ4n) is 2.48. The van der Waals surface area contributed by atoms with Crippen LogP contribution in [0.5, 0.6) is 0 Å². The van der Waals surface area contributed by atoms with Crippen LogP contribution in [0.25, 0.3) is 11.2 Å². The van der Waals surface area contributed by atoms with Crippen molar-refractivity contribution in [1.29, 1.82) is 0 Å². The summed E-state index contributed by atoms with van der Waals surface area (Å²) >= 11 is 0. The third-order valence-corrected chi connectivity index (χ3v) is 7.34. The van der Waals surface area contributed by atoms with Crippen molar-refractivity contribution in [2.45, 2.75) is 18.6 Å². The van der Waals surface area contributed by atoms with Crippen LogP contribution in [0.3, 0.4) is 0 Å². The number of anilines is 1. The maximum Gasteiger partial charge on any atom is 0.490 e. The van der Waals surface area contributed by atoms with Crippen LogP contribution in [0.4, 0.5) is 5.82 Å². The second-order valence-electron chi connectivity index (χ2n) is 5.70. The summed E-state index contributed by atoms with van der Waals surface area (Å²) in [4.78, 5) is 43.4. The molecule has 3 heterocycles. The first-order chi connectivity index (χ1) is 13.4. The summed E-state index contributed by atoms with van der Waals surface area (Å²) in [6, 6.07) is -0.371. The Bertz CT molecular complexity index is 1040. The number of ether oxygens (including phenoxy) is 1. The molecular weight excluding hydrogens is 461 g/mol. The van der Waals surface area contributed by atoms with Crippen LogP contribution < -0.4 is 5.73 Å². The van der Waals surface area contributed by atoms with Gasteiger partial charge in [0.2, 0.25) is 0 Å². The van der Waals surface area contributed by atoms with Crippen molar-refractivity contribution >= 4 is 40.4 Å². The van der Waals surface area contributed by atoms with Crippen molar-refractivity contribution in [1.82, 2.24) is 25.0 Å². The highest BCUT2D eigenvalue weighted by atomic mass is 31.3. The minimum absolute atomic E-state index is 0.118. The second kappa shape index (κ2) is 8.06. The van der Waals surface area contributed by atoms with Crippen molar-refractivity contribution < 1.29 is 51.2 Å². The van der Waals surface area contributed by atoms with Gasteiger partial charge in [0.15, 0.2) is 17.0 Å². The van der Waals surface area contributed by atoms with E-state index in [1.807, 2.05) is 0 Å². The van der Waals surface area contributed by atoms with E-state index in [4.69, 9.17) is 25.2 Å². The Morgan fingerprint density at radius 2 is 1.90 bits per heavy atom. The molecule has 1 aliphatic heterocycles. The SMILES string of the molecule is Nc1ncnc2c1nnn2[C@H]1CO[C@@H](COP(=O)(O)OP(=O)(O)OP(=O)(O)O)C1. The summed E-state index contributed by atoms with van der Waals surface area (Å²) in [6.45, 7) is -0.434. The lowest BCUT2D eigenvalue weighted by Gasteiger charge is -2.17. The van der Waals surface area contributed by atoms with E-state index in [0.717, 1.165) is 0 Å². The van der Waals surface area contributed by atoms with Gasteiger partial charge in [-0.25, -0.2) is 28.3 Å². The molecule has 2 aromatic heterocycles. The van der Waals surface area contributed by atoms with E-state index >= 15 is 0 Å². The molecule has 0 bridgehead atoms.